The molecule has 1 aromatic heterocycles. The summed E-state index contributed by atoms with van der Waals surface area (Å²) in [5, 5.41) is 3.67. The van der Waals surface area contributed by atoms with Crippen LogP contribution in [-0.2, 0) is 16.0 Å². The van der Waals surface area contributed by atoms with Gasteiger partial charge in [-0.15, -0.1) is 11.3 Å². The number of hydrogen-bond donors (Lipinski definition) is 1. The SMILES string of the molecule is COC(=O)c1cccc(NC(=O)Cc2sc(-c3ccc(OC)cc3)nc2C)c1. The number of rotatable bonds is 6. The lowest BCUT2D eigenvalue weighted by Gasteiger charge is -2.06. The first-order chi connectivity index (χ1) is 13.5. The maximum absolute atomic E-state index is 12.4. The molecule has 0 saturated carbocycles. The van der Waals surface area contributed by atoms with Gasteiger partial charge in [0, 0.05) is 16.1 Å². The summed E-state index contributed by atoms with van der Waals surface area (Å²) in [5.74, 6) is 0.166. The van der Waals surface area contributed by atoms with E-state index in [1.165, 1.54) is 18.4 Å². The number of aromatic nitrogens is 1. The highest BCUT2D eigenvalue weighted by Crippen LogP contribution is 2.29. The van der Waals surface area contributed by atoms with Gasteiger partial charge in [-0.2, -0.15) is 0 Å². The lowest BCUT2D eigenvalue weighted by molar-refractivity contribution is -0.115. The van der Waals surface area contributed by atoms with Gasteiger partial charge in [-0.1, -0.05) is 6.07 Å². The van der Waals surface area contributed by atoms with Gasteiger partial charge in [0.25, 0.3) is 0 Å². The van der Waals surface area contributed by atoms with Crippen molar-refractivity contribution in [3.05, 3.63) is 64.7 Å². The molecular formula is C21H20N2O4S. The van der Waals surface area contributed by atoms with E-state index in [0.29, 0.717) is 11.3 Å². The summed E-state index contributed by atoms with van der Waals surface area (Å²) in [4.78, 5) is 29.5. The van der Waals surface area contributed by atoms with E-state index in [0.717, 1.165) is 26.9 Å². The highest BCUT2D eigenvalue weighted by atomic mass is 32.1. The number of nitrogens with one attached hydrogen (secondary N) is 1. The molecule has 0 aliphatic rings. The van der Waals surface area contributed by atoms with Crippen molar-refractivity contribution in [3.63, 3.8) is 0 Å². The zero-order chi connectivity index (χ0) is 20.1. The van der Waals surface area contributed by atoms with Crippen LogP contribution in [0, 0.1) is 6.92 Å². The first-order valence-electron chi connectivity index (χ1n) is 8.59. The fourth-order valence-corrected chi connectivity index (χ4v) is 3.71. The number of methoxy groups -OCH3 is 2. The lowest BCUT2D eigenvalue weighted by Crippen LogP contribution is -2.14. The molecule has 0 aliphatic heterocycles. The molecule has 6 nitrogen and oxygen atoms in total. The van der Waals surface area contributed by atoms with Crippen molar-refractivity contribution in [2.24, 2.45) is 0 Å². The van der Waals surface area contributed by atoms with Gasteiger partial charge >= 0.3 is 5.97 Å². The second-order valence-electron chi connectivity index (χ2n) is 6.05. The molecule has 7 heteroatoms. The van der Waals surface area contributed by atoms with E-state index in [4.69, 9.17) is 9.47 Å². The summed E-state index contributed by atoms with van der Waals surface area (Å²) in [6.45, 7) is 1.89. The minimum atomic E-state index is -0.446. The summed E-state index contributed by atoms with van der Waals surface area (Å²) >= 11 is 1.49. The molecule has 0 spiro atoms. The van der Waals surface area contributed by atoms with Crippen molar-refractivity contribution in [2.45, 2.75) is 13.3 Å². The standard InChI is InChI=1S/C21H20N2O4S/c1-13-18(28-20(22-13)14-7-9-17(26-2)10-8-14)12-19(24)23-16-6-4-5-15(11-16)21(25)27-3/h4-11H,12H2,1-3H3,(H,23,24). The van der Waals surface area contributed by atoms with Crippen LogP contribution in [0.3, 0.4) is 0 Å². The molecule has 0 unspecified atom stereocenters. The molecule has 0 fully saturated rings. The number of anilines is 1. The Labute approximate surface area is 167 Å². The Bertz CT molecular complexity index is 996. The maximum Gasteiger partial charge on any atom is 0.337 e. The quantitative estimate of drug-likeness (QED) is 0.635. The number of carbonyl (C=O) groups is 2. The molecule has 3 aromatic rings. The summed E-state index contributed by atoms with van der Waals surface area (Å²) < 4.78 is 9.88. The van der Waals surface area contributed by atoms with E-state index < -0.39 is 5.97 Å². The van der Waals surface area contributed by atoms with E-state index in [9.17, 15) is 9.59 Å². The minimum Gasteiger partial charge on any atom is -0.497 e. The van der Waals surface area contributed by atoms with E-state index in [1.807, 2.05) is 31.2 Å². The molecule has 28 heavy (non-hydrogen) atoms. The van der Waals surface area contributed by atoms with Crippen LogP contribution < -0.4 is 10.1 Å². The number of thiazole rings is 1. The fourth-order valence-electron chi connectivity index (χ4n) is 2.64. The highest BCUT2D eigenvalue weighted by molar-refractivity contribution is 7.15. The van der Waals surface area contributed by atoms with Crippen LogP contribution in [0.1, 0.15) is 20.9 Å². The topological polar surface area (TPSA) is 77.5 Å². The van der Waals surface area contributed by atoms with E-state index >= 15 is 0 Å². The van der Waals surface area contributed by atoms with Crippen molar-refractivity contribution >= 4 is 28.9 Å². The number of esters is 1. The summed E-state index contributed by atoms with van der Waals surface area (Å²) in [7, 11) is 2.95. The number of aryl methyl sites for hydroxylation is 1. The van der Waals surface area contributed by atoms with Crippen LogP contribution >= 0.6 is 11.3 Å². The summed E-state index contributed by atoms with van der Waals surface area (Å²) in [6, 6.07) is 14.3. The number of ether oxygens (including phenoxy) is 2. The third-order valence-electron chi connectivity index (χ3n) is 4.12. The van der Waals surface area contributed by atoms with Crippen LogP contribution in [0.2, 0.25) is 0 Å². The first-order valence-corrected chi connectivity index (χ1v) is 9.40. The predicted molar refractivity (Wildman–Crippen MR) is 109 cm³/mol. The van der Waals surface area contributed by atoms with Crippen molar-refractivity contribution in [2.75, 3.05) is 19.5 Å². The molecule has 0 aliphatic carbocycles. The molecule has 3 rings (SSSR count). The Kier molecular flexibility index (Phi) is 6.06. The van der Waals surface area contributed by atoms with Crippen molar-refractivity contribution in [1.82, 2.24) is 4.98 Å². The van der Waals surface area contributed by atoms with Crippen LogP contribution in [0.15, 0.2) is 48.5 Å². The Hall–Kier alpha value is -3.19. The predicted octanol–water partition coefficient (Wildman–Crippen LogP) is 4.09. The molecule has 0 radical (unpaired) electrons. The van der Waals surface area contributed by atoms with Gasteiger partial charge in [-0.25, -0.2) is 9.78 Å². The Morgan fingerprint density at radius 2 is 1.86 bits per heavy atom. The Morgan fingerprint density at radius 3 is 2.54 bits per heavy atom. The van der Waals surface area contributed by atoms with E-state index in [2.05, 4.69) is 10.3 Å². The third kappa shape index (κ3) is 4.55. The molecule has 144 valence electrons. The second-order valence-corrected chi connectivity index (χ2v) is 7.14. The number of nitrogens with zero attached hydrogens (tertiary/aromatic N) is 1. The molecule has 0 bridgehead atoms. The molecule has 2 aromatic carbocycles. The maximum atomic E-state index is 12.4. The number of carbonyl (C=O) groups excluding carboxylic acids is 2. The molecular weight excluding hydrogens is 376 g/mol. The lowest BCUT2D eigenvalue weighted by atomic mass is 10.2. The van der Waals surface area contributed by atoms with Crippen molar-refractivity contribution in [1.29, 1.82) is 0 Å². The van der Waals surface area contributed by atoms with Gasteiger partial charge in [0.15, 0.2) is 0 Å². The molecule has 1 N–H and O–H groups in total. The molecule has 1 heterocycles. The smallest absolute Gasteiger partial charge is 0.337 e. The summed E-state index contributed by atoms with van der Waals surface area (Å²) in [5.41, 5.74) is 2.74. The number of benzene rings is 2. The second kappa shape index (κ2) is 8.67. The van der Waals surface area contributed by atoms with Crippen LogP contribution in [0.25, 0.3) is 10.6 Å². The van der Waals surface area contributed by atoms with Gasteiger partial charge in [0.2, 0.25) is 5.91 Å². The molecule has 0 atom stereocenters. The normalized spacial score (nSPS) is 10.4. The van der Waals surface area contributed by atoms with Crippen molar-refractivity contribution < 1.29 is 19.1 Å². The monoisotopic (exact) mass is 396 g/mol. The average Bonchev–Trinajstić information content (AvgIpc) is 3.07. The minimum absolute atomic E-state index is 0.171. The number of amides is 1. The third-order valence-corrected chi connectivity index (χ3v) is 5.32. The van der Waals surface area contributed by atoms with Crippen LogP contribution in [0.4, 0.5) is 5.69 Å². The Balaban J connectivity index is 1.70. The van der Waals surface area contributed by atoms with Gasteiger partial charge in [-0.3, -0.25) is 4.79 Å². The van der Waals surface area contributed by atoms with Crippen molar-refractivity contribution in [3.8, 4) is 16.3 Å². The van der Waals surface area contributed by atoms with Gasteiger partial charge in [-0.05, 0) is 49.4 Å². The zero-order valence-corrected chi connectivity index (χ0v) is 16.6. The van der Waals surface area contributed by atoms with E-state index in [-0.39, 0.29) is 12.3 Å². The number of hydrogen-bond acceptors (Lipinski definition) is 6. The van der Waals surface area contributed by atoms with Crippen LogP contribution in [-0.4, -0.2) is 31.1 Å². The average molecular weight is 396 g/mol. The largest absolute Gasteiger partial charge is 0.497 e. The first kappa shape index (κ1) is 19.6. The fraction of sp³-hybridized carbons (Fsp3) is 0.190. The molecule has 0 saturated heterocycles. The molecule has 1 amide bonds. The highest BCUT2D eigenvalue weighted by Gasteiger charge is 2.14. The zero-order valence-electron chi connectivity index (χ0n) is 15.8. The summed E-state index contributed by atoms with van der Waals surface area (Å²) in [6.07, 6.45) is 0.210. The van der Waals surface area contributed by atoms with Gasteiger partial charge in [0.1, 0.15) is 10.8 Å². The Morgan fingerprint density at radius 1 is 1.11 bits per heavy atom. The van der Waals surface area contributed by atoms with Gasteiger partial charge in [0.05, 0.1) is 31.9 Å². The van der Waals surface area contributed by atoms with Gasteiger partial charge < -0.3 is 14.8 Å². The van der Waals surface area contributed by atoms with E-state index in [1.54, 1.807) is 31.4 Å². The van der Waals surface area contributed by atoms with Crippen LogP contribution in [0.5, 0.6) is 5.75 Å².